The molecule has 3 aromatic carbocycles. The van der Waals surface area contributed by atoms with Gasteiger partial charge >= 0.3 is 0 Å². The van der Waals surface area contributed by atoms with E-state index < -0.39 is 0 Å². The topological polar surface area (TPSA) is 67.9 Å². The molecule has 1 N–H and O–H groups in total. The zero-order valence-electron chi connectivity index (χ0n) is 20.8. The highest BCUT2D eigenvalue weighted by Gasteiger charge is 2.33. The summed E-state index contributed by atoms with van der Waals surface area (Å²) in [6, 6.07) is 16.8. The molecule has 2 amide bonds. The Morgan fingerprint density at radius 1 is 1.05 bits per heavy atom. The molecule has 1 saturated heterocycles. The Bertz CT molecular complexity index is 1420. The number of nitrogens with zero attached hydrogens (tertiary/aromatic N) is 1. The summed E-state index contributed by atoms with van der Waals surface area (Å²) in [6.45, 7) is 5.80. The van der Waals surface area contributed by atoms with E-state index in [1.54, 1.807) is 24.3 Å². The van der Waals surface area contributed by atoms with Crippen LogP contribution in [0.5, 0.6) is 11.5 Å². The summed E-state index contributed by atoms with van der Waals surface area (Å²) in [6.07, 6.45) is 1.77. The lowest BCUT2D eigenvalue weighted by molar-refractivity contribution is -0.118. The van der Waals surface area contributed by atoms with Crippen LogP contribution in [-0.4, -0.2) is 29.9 Å². The van der Waals surface area contributed by atoms with Crippen LogP contribution in [0.1, 0.15) is 22.3 Å². The van der Waals surface area contributed by atoms with Crippen molar-refractivity contribution in [2.24, 2.45) is 0 Å². The number of anilines is 2. The summed E-state index contributed by atoms with van der Waals surface area (Å²) in [5.74, 6) is 0.395. The van der Waals surface area contributed by atoms with E-state index in [0.717, 1.165) is 32.4 Å². The number of carbonyl (C=O) groups excluding carboxylic acids is 2. The summed E-state index contributed by atoms with van der Waals surface area (Å²) < 4.78 is 12.5. The molecule has 0 aromatic heterocycles. The SMILES string of the molecule is COc1cc(/C=C2\SC(=S)N(c3ccc(C)cc3)C2=O)ccc1OCC(=O)Nc1cc(C)c(C)cc1Br. The first-order valence-corrected chi connectivity index (χ1v) is 13.4. The fourth-order valence-electron chi connectivity index (χ4n) is 3.64. The lowest BCUT2D eigenvalue weighted by Crippen LogP contribution is -2.27. The fourth-order valence-corrected chi connectivity index (χ4v) is 5.49. The Kier molecular flexibility index (Phi) is 8.36. The number of rotatable bonds is 7. The molecular weight excluding hydrogens is 572 g/mol. The summed E-state index contributed by atoms with van der Waals surface area (Å²) in [4.78, 5) is 27.6. The van der Waals surface area contributed by atoms with Gasteiger partial charge in [0, 0.05) is 4.47 Å². The van der Waals surface area contributed by atoms with Crippen molar-refractivity contribution in [3.05, 3.63) is 86.2 Å². The monoisotopic (exact) mass is 596 g/mol. The highest BCUT2D eigenvalue weighted by molar-refractivity contribution is 9.10. The van der Waals surface area contributed by atoms with Gasteiger partial charge in [-0.25, -0.2) is 0 Å². The van der Waals surface area contributed by atoms with Gasteiger partial charge in [0.2, 0.25) is 0 Å². The molecular formula is C28H25BrN2O4S2. The zero-order chi connectivity index (χ0) is 26.7. The van der Waals surface area contributed by atoms with Crippen molar-refractivity contribution in [1.29, 1.82) is 0 Å². The van der Waals surface area contributed by atoms with Gasteiger partial charge in [-0.05, 0) is 95.9 Å². The molecule has 1 aliphatic heterocycles. The van der Waals surface area contributed by atoms with Gasteiger partial charge in [-0.3, -0.25) is 14.5 Å². The second kappa shape index (κ2) is 11.5. The van der Waals surface area contributed by atoms with Crippen LogP contribution in [0, 0.1) is 20.8 Å². The molecule has 0 unspecified atom stereocenters. The largest absolute Gasteiger partial charge is 0.493 e. The first-order valence-electron chi connectivity index (χ1n) is 11.4. The number of ether oxygens (including phenoxy) is 2. The Morgan fingerprint density at radius 2 is 1.76 bits per heavy atom. The van der Waals surface area contributed by atoms with E-state index in [1.165, 1.54) is 23.8 Å². The number of thioether (sulfide) groups is 1. The van der Waals surface area contributed by atoms with Gasteiger partial charge in [0.15, 0.2) is 22.4 Å². The van der Waals surface area contributed by atoms with Crippen LogP contribution in [-0.2, 0) is 9.59 Å². The number of halogens is 1. The molecule has 0 bridgehead atoms. The van der Waals surface area contributed by atoms with Crippen molar-refractivity contribution in [1.82, 2.24) is 0 Å². The molecule has 4 rings (SSSR count). The average Bonchev–Trinajstić information content (AvgIpc) is 3.14. The van der Waals surface area contributed by atoms with Crippen LogP contribution in [0.15, 0.2) is 64.0 Å². The standard InChI is InChI=1S/C28H25BrN2O4S2/c1-16-5-8-20(9-6-16)31-27(33)25(37-28(31)36)14-19-7-10-23(24(13-19)34-4)35-15-26(32)30-22-12-18(3)17(2)11-21(22)29/h5-14H,15H2,1-4H3,(H,30,32)/b25-14-. The lowest BCUT2D eigenvalue weighted by Gasteiger charge is -2.14. The average molecular weight is 598 g/mol. The Hall–Kier alpha value is -3.14. The number of carbonyl (C=O) groups is 2. The maximum atomic E-state index is 13.1. The van der Waals surface area contributed by atoms with E-state index in [9.17, 15) is 9.59 Å². The number of methoxy groups -OCH3 is 1. The van der Waals surface area contributed by atoms with Gasteiger partial charge in [0.25, 0.3) is 11.8 Å². The molecule has 1 heterocycles. The van der Waals surface area contributed by atoms with Gasteiger partial charge in [-0.15, -0.1) is 0 Å². The quantitative estimate of drug-likeness (QED) is 0.239. The first-order chi connectivity index (χ1) is 17.7. The molecule has 0 aliphatic carbocycles. The minimum absolute atomic E-state index is 0.174. The van der Waals surface area contributed by atoms with E-state index in [0.29, 0.717) is 26.4 Å². The molecule has 6 nitrogen and oxygen atoms in total. The van der Waals surface area contributed by atoms with E-state index in [4.69, 9.17) is 21.7 Å². The number of hydrogen-bond donors (Lipinski definition) is 1. The van der Waals surface area contributed by atoms with Gasteiger partial charge in [-0.1, -0.05) is 47.7 Å². The second-order valence-corrected chi connectivity index (χ2v) is 11.0. The third-order valence-electron chi connectivity index (χ3n) is 5.79. The predicted octanol–water partition coefficient (Wildman–Crippen LogP) is 6.81. The van der Waals surface area contributed by atoms with E-state index in [-0.39, 0.29) is 18.4 Å². The molecule has 1 fully saturated rings. The third kappa shape index (κ3) is 6.23. The van der Waals surface area contributed by atoms with Crippen LogP contribution in [0.25, 0.3) is 6.08 Å². The molecule has 190 valence electrons. The maximum Gasteiger partial charge on any atom is 0.270 e. The Balaban J connectivity index is 1.45. The second-order valence-electron chi connectivity index (χ2n) is 8.52. The van der Waals surface area contributed by atoms with Gasteiger partial charge in [0.1, 0.15) is 0 Å². The van der Waals surface area contributed by atoms with Crippen molar-refractivity contribution in [3.63, 3.8) is 0 Å². The minimum Gasteiger partial charge on any atom is -0.493 e. The number of nitrogens with one attached hydrogen (secondary N) is 1. The lowest BCUT2D eigenvalue weighted by atomic mass is 10.1. The van der Waals surface area contributed by atoms with Crippen molar-refractivity contribution in [3.8, 4) is 11.5 Å². The van der Waals surface area contributed by atoms with Gasteiger partial charge in [-0.2, -0.15) is 0 Å². The van der Waals surface area contributed by atoms with Gasteiger partial charge < -0.3 is 14.8 Å². The summed E-state index contributed by atoms with van der Waals surface area (Å²) in [5.41, 5.74) is 5.48. The molecule has 0 atom stereocenters. The van der Waals surface area contributed by atoms with Crippen LogP contribution in [0.4, 0.5) is 11.4 Å². The summed E-state index contributed by atoms with van der Waals surface area (Å²) >= 11 is 10.2. The van der Waals surface area contributed by atoms with E-state index in [2.05, 4.69) is 21.2 Å². The summed E-state index contributed by atoms with van der Waals surface area (Å²) in [5, 5.41) is 2.86. The van der Waals surface area contributed by atoms with Crippen LogP contribution in [0.2, 0.25) is 0 Å². The predicted molar refractivity (Wildman–Crippen MR) is 158 cm³/mol. The van der Waals surface area contributed by atoms with E-state index in [1.807, 2.05) is 57.2 Å². The van der Waals surface area contributed by atoms with Crippen LogP contribution < -0.4 is 19.7 Å². The highest BCUT2D eigenvalue weighted by Crippen LogP contribution is 2.37. The van der Waals surface area contributed by atoms with Crippen molar-refractivity contribution >= 4 is 73.5 Å². The number of thiocarbonyl (C=S) groups is 1. The molecule has 1 aliphatic rings. The summed E-state index contributed by atoms with van der Waals surface area (Å²) in [7, 11) is 1.52. The molecule has 0 saturated carbocycles. The first kappa shape index (κ1) is 26.9. The molecule has 0 radical (unpaired) electrons. The maximum absolute atomic E-state index is 13.1. The molecule has 9 heteroatoms. The molecule has 3 aromatic rings. The number of benzene rings is 3. The third-order valence-corrected chi connectivity index (χ3v) is 7.75. The van der Waals surface area contributed by atoms with Crippen molar-refractivity contribution in [2.75, 3.05) is 23.9 Å². The van der Waals surface area contributed by atoms with Crippen molar-refractivity contribution in [2.45, 2.75) is 20.8 Å². The molecule has 0 spiro atoms. The van der Waals surface area contributed by atoms with Gasteiger partial charge in [0.05, 0.1) is 23.4 Å². The number of amides is 2. The Labute approximate surface area is 234 Å². The van der Waals surface area contributed by atoms with Crippen molar-refractivity contribution < 1.29 is 19.1 Å². The smallest absolute Gasteiger partial charge is 0.270 e. The Morgan fingerprint density at radius 3 is 2.46 bits per heavy atom. The number of aryl methyl sites for hydroxylation is 3. The normalized spacial score (nSPS) is 14.3. The van der Waals surface area contributed by atoms with Crippen LogP contribution >= 0.6 is 39.9 Å². The number of hydrogen-bond acceptors (Lipinski definition) is 6. The molecule has 37 heavy (non-hydrogen) atoms. The highest BCUT2D eigenvalue weighted by atomic mass is 79.9. The fraction of sp³-hybridized carbons (Fsp3) is 0.179. The minimum atomic E-state index is -0.296. The van der Waals surface area contributed by atoms with Crippen LogP contribution in [0.3, 0.4) is 0 Å². The zero-order valence-corrected chi connectivity index (χ0v) is 24.0. The van der Waals surface area contributed by atoms with E-state index >= 15 is 0 Å².